The van der Waals surface area contributed by atoms with Crippen LogP contribution in [0, 0.1) is 17.0 Å². The van der Waals surface area contributed by atoms with Gasteiger partial charge >= 0.3 is 5.69 Å². The molecule has 0 aliphatic carbocycles. The predicted octanol–water partition coefficient (Wildman–Crippen LogP) is 2.88. The monoisotopic (exact) mass is 273 g/mol. The average Bonchev–Trinajstić information content (AvgIpc) is 2.09. The Morgan fingerprint density at radius 1 is 1.60 bits per heavy atom. The molecule has 0 saturated heterocycles. The standard InChI is InChI=1S/C9H12BrN3O2/c1-5(2)11-9-8(13(14)15)4-7(10)6(3)12-9/h4-5H,1-3H3,(H,11,12). The van der Waals surface area contributed by atoms with Gasteiger partial charge < -0.3 is 5.32 Å². The number of nitrogens with zero attached hydrogens (tertiary/aromatic N) is 2. The van der Waals surface area contributed by atoms with Crippen LogP contribution < -0.4 is 5.32 Å². The maximum Gasteiger partial charge on any atom is 0.312 e. The number of hydrogen-bond acceptors (Lipinski definition) is 4. The zero-order chi connectivity index (χ0) is 11.6. The molecule has 0 amide bonds. The van der Waals surface area contributed by atoms with E-state index in [0.717, 1.165) is 5.69 Å². The molecule has 6 heteroatoms. The number of nitro groups is 1. The van der Waals surface area contributed by atoms with Gasteiger partial charge in [0.25, 0.3) is 0 Å². The van der Waals surface area contributed by atoms with Crippen LogP contribution in [0.1, 0.15) is 19.5 Å². The van der Waals surface area contributed by atoms with Crippen LogP contribution in [-0.4, -0.2) is 15.9 Å². The summed E-state index contributed by atoms with van der Waals surface area (Å²) in [5.41, 5.74) is 0.713. The van der Waals surface area contributed by atoms with Gasteiger partial charge in [-0.25, -0.2) is 4.98 Å². The lowest BCUT2D eigenvalue weighted by molar-refractivity contribution is -0.384. The molecule has 0 unspecified atom stereocenters. The van der Waals surface area contributed by atoms with E-state index in [1.807, 2.05) is 13.8 Å². The lowest BCUT2D eigenvalue weighted by Crippen LogP contribution is -2.13. The number of pyridine rings is 1. The van der Waals surface area contributed by atoms with Gasteiger partial charge in [-0.05, 0) is 36.7 Å². The Kier molecular flexibility index (Phi) is 3.62. The van der Waals surface area contributed by atoms with Crippen molar-refractivity contribution in [3.63, 3.8) is 0 Å². The van der Waals surface area contributed by atoms with Gasteiger partial charge in [-0.2, -0.15) is 0 Å². The van der Waals surface area contributed by atoms with Crippen LogP contribution in [0.4, 0.5) is 11.5 Å². The molecule has 0 aromatic carbocycles. The number of anilines is 1. The smallest absolute Gasteiger partial charge is 0.312 e. The fourth-order valence-corrected chi connectivity index (χ4v) is 1.40. The highest BCUT2D eigenvalue weighted by Crippen LogP contribution is 2.28. The number of aryl methyl sites for hydroxylation is 1. The van der Waals surface area contributed by atoms with Crippen molar-refractivity contribution in [3.8, 4) is 0 Å². The summed E-state index contributed by atoms with van der Waals surface area (Å²) in [4.78, 5) is 14.5. The summed E-state index contributed by atoms with van der Waals surface area (Å²) in [6.07, 6.45) is 0. The molecule has 15 heavy (non-hydrogen) atoms. The summed E-state index contributed by atoms with van der Waals surface area (Å²) in [5.74, 6) is 0.315. The predicted molar refractivity (Wildman–Crippen MR) is 62.1 cm³/mol. The molecular weight excluding hydrogens is 262 g/mol. The lowest BCUT2D eigenvalue weighted by Gasteiger charge is -2.10. The second kappa shape index (κ2) is 4.57. The molecule has 0 aliphatic heterocycles. The van der Waals surface area contributed by atoms with Crippen LogP contribution in [0.25, 0.3) is 0 Å². The fraction of sp³-hybridized carbons (Fsp3) is 0.444. The van der Waals surface area contributed by atoms with Gasteiger partial charge in [0, 0.05) is 16.6 Å². The second-order valence-electron chi connectivity index (χ2n) is 3.48. The Morgan fingerprint density at radius 2 is 2.20 bits per heavy atom. The van der Waals surface area contributed by atoms with Gasteiger partial charge in [-0.1, -0.05) is 0 Å². The molecule has 5 nitrogen and oxygen atoms in total. The topological polar surface area (TPSA) is 68.1 Å². The van der Waals surface area contributed by atoms with E-state index in [9.17, 15) is 10.1 Å². The van der Waals surface area contributed by atoms with Crippen LogP contribution >= 0.6 is 15.9 Å². The molecule has 0 bridgehead atoms. The Morgan fingerprint density at radius 3 is 2.67 bits per heavy atom. The Bertz CT molecular complexity index is 393. The van der Waals surface area contributed by atoms with Crippen molar-refractivity contribution in [2.24, 2.45) is 0 Å². The fourth-order valence-electron chi connectivity index (χ4n) is 1.09. The van der Waals surface area contributed by atoms with E-state index < -0.39 is 4.92 Å². The molecular formula is C9H12BrN3O2. The number of nitrogens with one attached hydrogen (secondary N) is 1. The van der Waals surface area contributed by atoms with E-state index in [-0.39, 0.29) is 11.7 Å². The van der Waals surface area contributed by atoms with E-state index in [1.165, 1.54) is 6.07 Å². The number of halogens is 1. The average molecular weight is 274 g/mol. The normalized spacial score (nSPS) is 10.5. The largest absolute Gasteiger partial charge is 0.362 e. The van der Waals surface area contributed by atoms with E-state index >= 15 is 0 Å². The molecule has 1 heterocycles. The first-order valence-corrected chi connectivity index (χ1v) is 5.29. The van der Waals surface area contributed by atoms with E-state index in [1.54, 1.807) is 6.92 Å². The molecule has 82 valence electrons. The summed E-state index contributed by atoms with van der Waals surface area (Å²) in [6.45, 7) is 5.60. The van der Waals surface area contributed by atoms with Crippen LogP contribution in [0.15, 0.2) is 10.5 Å². The van der Waals surface area contributed by atoms with Crippen LogP contribution in [0.5, 0.6) is 0 Å². The zero-order valence-electron chi connectivity index (χ0n) is 8.74. The van der Waals surface area contributed by atoms with E-state index in [2.05, 4.69) is 26.2 Å². The molecule has 0 atom stereocenters. The summed E-state index contributed by atoms with van der Waals surface area (Å²) in [6, 6.07) is 1.57. The van der Waals surface area contributed by atoms with Gasteiger partial charge in [-0.15, -0.1) is 0 Å². The Balaban J connectivity index is 3.22. The molecule has 1 N–H and O–H groups in total. The number of hydrogen-bond donors (Lipinski definition) is 1. The second-order valence-corrected chi connectivity index (χ2v) is 4.33. The maximum absolute atomic E-state index is 10.8. The number of rotatable bonds is 3. The number of aromatic nitrogens is 1. The highest BCUT2D eigenvalue weighted by Gasteiger charge is 2.18. The highest BCUT2D eigenvalue weighted by atomic mass is 79.9. The van der Waals surface area contributed by atoms with Crippen molar-refractivity contribution in [2.75, 3.05) is 5.32 Å². The lowest BCUT2D eigenvalue weighted by atomic mass is 10.3. The van der Waals surface area contributed by atoms with Crippen molar-refractivity contribution in [3.05, 3.63) is 26.3 Å². The molecule has 0 aliphatic rings. The highest BCUT2D eigenvalue weighted by molar-refractivity contribution is 9.10. The summed E-state index contributed by atoms with van der Waals surface area (Å²) in [7, 11) is 0. The third-order valence-corrected chi connectivity index (χ3v) is 2.56. The van der Waals surface area contributed by atoms with Gasteiger partial charge in [0.2, 0.25) is 5.82 Å². The van der Waals surface area contributed by atoms with Crippen LogP contribution in [0.3, 0.4) is 0 Å². The molecule has 1 aromatic heterocycles. The quantitative estimate of drug-likeness (QED) is 0.679. The first kappa shape index (κ1) is 11.9. The van der Waals surface area contributed by atoms with Crippen LogP contribution in [0.2, 0.25) is 0 Å². The summed E-state index contributed by atoms with van der Waals surface area (Å²) in [5, 5.41) is 13.7. The SMILES string of the molecule is Cc1nc(NC(C)C)c([N+](=O)[O-])cc1Br. The molecule has 1 rings (SSSR count). The van der Waals surface area contributed by atoms with Crippen LogP contribution in [-0.2, 0) is 0 Å². The molecule has 0 spiro atoms. The van der Waals surface area contributed by atoms with Crippen molar-refractivity contribution in [1.29, 1.82) is 0 Å². The molecule has 0 saturated carbocycles. The van der Waals surface area contributed by atoms with Gasteiger partial charge in [0.05, 0.1) is 10.6 Å². The first-order chi connectivity index (χ1) is 6.91. The molecule has 1 aromatic rings. The first-order valence-electron chi connectivity index (χ1n) is 4.50. The Labute approximate surface area is 96.2 Å². The maximum atomic E-state index is 10.8. The summed E-state index contributed by atoms with van der Waals surface area (Å²) >= 11 is 3.22. The van der Waals surface area contributed by atoms with Crippen molar-refractivity contribution >= 4 is 27.4 Å². The van der Waals surface area contributed by atoms with Gasteiger partial charge in [0.15, 0.2) is 0 Å². The van der Waals surface area contributed by atoms with E-state index in [4.69, 9.17) is 0 Å². The minimum absolute atomic E-state index is 0.0128. The third-order valence-electron chi connectivity index (χ3n) is 1.75. The van der Waals surface area contributed by atoms with Gasteiger partial charge in [0.1, 0.15) is 0 Å². The minimum Gasteiger partial charge on any atom is -0.362 e. The Hall–Kier alpha value is -1.17. The third kappa shape index (κ3) is 2.89. The van der Waals surface area contributed by atoms with E-state index in [0.29, 0.717) is 10.3 Å². The van der Waals surface area contributed by atoms with Crippen molar-refractivity contribution < 1.29 is 4.92 Å². The summed E-state index contributed by atoms with van der Waals surface area (Å²) < 4.78 is 0.642. The molecule has 0 fully saturated rings. The molecule has 0 radical (unpaired) electrons. The van der Waals surface area contributed by atoms with Crippen molar-refractivity contribution in [1.82, 2.24) is 4.98 Å². The minimum atomic E-state index is -0.443. The zero-order valence-corrected chi connectivity index (χ0v) is 10.3. The van der Waals surface area contributed by atoms with Gasteiger partial charge in [-0.3, -0.25) is 10.1 Å². The van der Waals surface area contributed by atoms with Crippen molar-refractivity contribution in [2.45, 2.75) is 26.8 Å².